The molecule has 0 atom stereocenters. The second-order valence-corrected chi connectivity index (χ2v) is 4.87. The predicted molar refractivity (Wildman–Crippen MR) is 54.6 cm³/mol. The molecule has 0 aromatic heterocycles. The average Bonchev–Trinajstić information content (AvgIpc) is 2.10. The van der Waals surface area contributed by atoms with Gasteiger partial charge in [-0.2, -0.15) is 10.5 Å². The van der Waals surface area contributed by atoms with E-state index in [4.69, 9.17) is 10.5 Å². The van der Waals surface area contributed by atoms with Crippen molar-refractivity contribution < 1.29 is 0 Å². The van der Waals surface area contributed by atoms with Crippen LogP contribution in [0.2, 0.25) is 0 Å². The molecule has 0 amide bonds. The van der Waals surface area contributed by atoms with Crippen LogP contribution in [0.5, 0.6) is 0 Å². The third kappa shape index (κ3) is 9.68. The zero-order valence-electron chi connectivity index (χ0n) is 6.95. The van der Waals surface area contributed by atoms with Crippen LogP contribution >= 0.6 is 21.6 Å². The number of rotatable bonds is 7. The van der Waals surface area contributed by atoms with Gasteiger partial charge in [0.15, 0.2) is 0 Å². The molecule has 0 fully saturated rings. The van der Waals surface area contributed by atoms with E-state index in [0.717, 1.165) is 24.3 Å². The molecule has 0 unspecified atom stereocenters. The lowest BCUT2D eigenvalue weighted by Gasteiger charge is -1.96. The number of hydrogen-bond donors (Lipinski definition) is 0. The molecule has 0 rings (SSSR count). The molecule has 0 saturated carbocycles. The highest BCUT2D eigenvalue weighted by Crippen LogP contribution is 2.22. The fourth-order valence-electron chi connectivity index (χ4n) is 0.570. The van der Waals surface area contributed by atoms with Gasteiger partial charge < -0.3 is 0 Å². The van der Waals surface area contributed by atoms with Crippen molar-refractivity contribution >= 4 is 21.6 Å². The number of unbranched alkanes of at least 4 members (excludes halogenated alkanes) is 2. The summed E-state index contributed by atoms with van der Waals surface area (Å²) in [4.78, 5) is 0. The van der Waals surface area contributed by atoms with Crippen LogP contribution in [-0.2, 0) is 0 Å². The van der Waals surface area contributed by atoms with Gasteiger partial charge in [0.1, 0.15) is 0 Å². The highest BCUT2D eigenvalue weighted by atomic mass is 33.1. The van der Waals surface area contributed by atoms with E-state index in [2.05, 4.69) is 12.1 Å². The zero-order valence-corrected chi connectivity index (χ0v) is 8.59. The van der Waals surface area contributed by atoms with Gasteiger partial charge in [0, 0.05) is 24.3 Å². The van der Waals surface area contributed by atoms with E-state index in [1.807, 2.05) is 0 Å². The van der Waals surface area contributed by atoms with E-state index in [0.29, 0.717) is 12.8 Å². The van der Waals surface area contributed by atoms with Gasteiger partial charge in [0.25, 0.3) is 0 Å². The summed E-state index contributed by atoms with van der Waals surface area (Å²) in [6, 6.07) is 4.22. The Morgan fingerprint density at radius 2 is 1.50 bits per heavy atom. The first kappa shape index (κ1) is 11.7. The van der Waals surface area contributed by atoms with E-state index < -0.39 is 0 Å². The first-order valence-corrected chi connectivity index (χ1v) is 6.39. The smallest absolute Gasteiger partial charge is 0.0630 e. The van der Waals surface area contributed by atoms with Gasteiger partial charge in [-0.3, -0.25) is 0 Å². The van der Waals surface area contributed by atoms with Crippen LogP contribution in [0.4, 0.5) is 0 Å². The van der Waals surface area contributed by atoms with E-state index in [-0.39, 0.29) is 0 Å². The second kappa shape index (κ2) is 10.7. The van der Waals surface area contributed by atoms with Gasteiger partial charge in [-0.1, -0.05) is 21.6 Å². The standard InChI is InChI=1S/C8H12N2S2/c9-5-2-1-3-7-11-12-8-4-6-10/h1-4,7-8H2. The van der Waals surface area contributed by atoms with Gasteiger partial charge >= 0.3 is 0 Å². The maximum absolute atomic E-state index is 8.24. The molecule has 2 nitrogen and oxygen atoms in total. The van der Waals surface area contributed by atoms with Crippen molar-refractivity contribution in [2.75, 3.05) is 11.5 Å². The Hall–Kier alpha value is -0.320. The molecule has 0 radical (unpaired) electrons. The molecule has 0 aliphatic carbocycles. The fraction of sp³-hybridized carbons (Fsp3) is 0.750. The predicted octanol–water partition coefficient (Wildman–Crippen LogP) is 2.98. The molecular formula is C8H12N2S2. The number of nitrogens with zero attached hydrogens (tertiary/aromatic N) is 2. The number of nitriles is 2. The largest absolute Gasteiger partial charge is 0.198 e. The van der Waals surface area contributed by atoms with E-state index in [1.54, 1.807) is 21.6 Å². The summed E-state index contributed by atoms with van der Waals surface area (Å²) in [5, 5.41) is 16.5. The molecule has 0 aliphatic heterocycles. The Morgan fingerprint density at radius 3 is 2.17 bits per heavy atom. The van der Waals surface area contributed by atoms with Gasteiger partial charge in [0.2, 0.25) is 0 Å². The second-order valence-electron chi connectivity index (χ2n) is 2.17. The summed E-state index contributed by atoms with van der Waals surface area (Å²) >= 11 is 0. The Kier molecular flexibility index (Phi) is 10.4. The van der Waals surface area contributed by atoms with Crippen molar-refractivity contribution in [1.29, 1.82) is 10.5 Å². The molecule has 0 aromatic rings. The van der Waals surface area contributed by atoms with Crippen LogP contribution in [0.3, 0.4) is 0 Å². The zero-order chi connectivity index (χ0) is 9.07. The third-order valence-electron chi connectivity index (χ3n) is 1.15. The lowest BCUT2D eigenvalue weighted by atomic mass is 10.3. The maximum atomic E-state index is 8.24. The fourth-order valence-corrected chi connectivity index (χ4v) is 2.61. The van der Waals surface area contributed by atoms with Gasteiger partial charge in [-0.05, 0) is 12.8 Å². The van der Waals surface area contributed by atoms with E-state index in [9.17, 15) is 0 Å². The quantitative estimate of drug-likeness (QED) is 0.468. The van der Waals surface area contributed by atoms with Crippen molar-refractivity contribution in [3.05, 3.63) is 0 Å². The van der Waals surface area contributed by atoms with Crippen LogP contribution in [0.1, 0.15) is 25.7 Å². The maximum Gasteiger partial charge on any atom is 0.0630 e. The van der Waals surface area contributed by atoms with E-state index in [1.165, 1.54) is 0 Å². The van der Waals surface area contributed by atoms with Crippen molar-refractivity contribution in [3.63, 3.8) is 0 Å². The summed E-state index contributed by atoms with van der Waals surface area (Å²) < 4.78 is 0. The Bertz CT molecular complexity index is 149. The molecule has 12 heavy (non-hydrogen) atoms. The average molecular weight is 200 g/mol. The molecule has 0 saturated heterocycles. The highest BCUT2D eigenvalue weighted by molar-refractivity contribution is 8.76. The molecule has 0 bridgehead atoms. The first-order valence-electron chi connectivity index (χ1n) is 3.90. The Labute approximate surface area is 81.7 Å². The third-order valence-corrected chi connectivity index (χ3v) is 3.64. The molecule has 0 heterocycles. The Balaban J connectivity index is 2.84. The summed E-state index contributed by atoms with van der Waals surface area (Å²) in [7, 11) is 3.55. The summed E-state index contributed by atoms with van der Waals surface area (Å²) in [6.45, 7) is 0. The Morgan fingerprint density at radius 1 is 0.833 bits per heavy atom. The molecule has 0 spiro atoms. The van der Waals surface area contributed by atoms with Crippen molar-refractivity contribution in [1.82, 2.24) is 0 Å². The number of hydrogen-bond acceptors (Lipinski definition) is 4. The molecule has 0 aliphatic rings. The minimum absolute atomic E-state index is 0.635. The van der Waals surface area contributed by atoms with Crippen molar-refractivity contribution in [2.24, 2.45) is 0 Å². The van der Waals surface area contributed by atoms with Gasteiger partial charge in [-0.25, -0.2) is 0 Å². The molecule has 0 aromatic carbocycles. The van der Waals surface area contributed by atoms with Crippen molar-refractivity contribution in [3.8, 4) is 12.1 Å². The van der Waals surface area contributed by atoms with Crippen LogP contribution in [0.15, 0.2) is 0 Å². The SMILES string of the molecule is N#CCCCCSSCCC#N. The lowest BCUT2D eigenvalue weighted by molar-refractivity contribution is 0.831. The molecule has 66 valence electrons. The summed E-state index contributed by atoms with van der Waals surface area (Å²) in [5.74, 6) is 2.01. The lowest BCUT2D eigenvalue weighted by Crippen LogP contribution is -1.78. The van der Waals surface area contributed by atoms with Crippen LogP contribution in [0.25, 0.3) is 0 Å². The van der Waals surface area contributed by atoms with Crippen LogP contribution < -0.4 is 0 Å². The summed E-state index contributed by atoms with van der Waals surface area (Å²) in [5.41, 5.74) is 0. The minimum Gasteiger partial charge on any atom is -0.198 e. The van der Waals surface area contributed by atoms with Crippen molar-refractivity contribution in [2.45, 2.75) is 25.7 Å². The highest BCUT2D eigenvalue weighted by Gasteiger charge is 1.90. The minimum atomic E-state index is 0.635. The monoisotopic (exact) mass is 200 g/mol. The molecular weight excluding hydrogens is 188 g/mol. The topological polar surface area (TPSA) is 47.6 Å². The van der Waals surface area contributed by atoms with Gasteiger partial charge in [0.05, 0.1) is 12.1 Å². The normalized spacial score (nSPS) is 8.83. The summed E-state index contributed by atoms with van der Waals surface area (Å²) in [6.07, 6.45) is 3.42. The molecule has 4 heteroatoms. The first-order chi connectivity index (χ1) is 5.91. The van der Waals surface area contributed by atoms with Crippen LogP contribution in [0, 0.1) is 22.7 Å². The molecule has 0 N–H and O–H groups in total. The van der Waals surface area contributed by atoms with Crippen LogP contribution in [-0.4, -0.2) is 11.5 Å². The van der Waals surface area contributed by atoms with Gasteiger partial charge in [-0.15, -0.1) is 0 Å². The van der Waals surface area contributed by atoms with E-state index >= 15 is 0 Å².